The van der Waals surface area contributed by atoms with E-state index in [9.17, 15) is 14.4 Å². The molecule has 0 saturated heterocycles. The van der Waals surface area contributed by atoms with Crippen LogP contribution in [0.25, 0.3) is 5.57 Å². The number of nitrogens with two attached hydrogens (primary N) is 1. The van der Waals surface area contributed by atoms with Crippen LogP contribution in [0.15, 0.2) is 72.9 Å². The minimum absolute atomic E-state index is 0.188. The molecule has 6 N–H and O–H groups in total. The van der Waals surface area contributed by atoms with E-state index in [1.54, 1.807) is 66.3 Å². The quantitative estimate of drug-likeness (QED) is 0.143. The van der Waals surface area contributed by atoms with E-state index in [1.807, 2.05) is 0 Å². The number of hydroxylamine groups is 1. The Kier molecular flexibility index (Phi) is 5.21. The number of nitrogens with one attached hydrogen (secondary N) is 3. The molecule has 8 nitrogen and oxygen atoms in total. The molecule has 0 aliphatic carbocycles. The molecule has 31 heavy (non-hydrogen) atoms. The number of hydrogen-bond donors (Lipinski definition) is 5. The molecule has 0 saturated carbocycles. The molecule has 1 aliphatic heterocycles. The molecule has 0 fully saturated rings. The topological polar surface area (TPSA) is 134 Å². The van der Waals surface area contributed by atoms with Crippen LogP contribution < -0.4 is 21.8 Å². The Bertz CT molecular complexity index is 1230. The normalized spacial score (nSPS) is 13.5. The van der Waals surface area contributed by atoms with Crippen molar-refractivity contribution in [2.75, 3.05) is 16.4 Å². The Morgan fingerprint density at radius 3 is 2.35 bits per heavy atom. The first-order chi connectivity index (χ1) is 15.0. The lowest BCUT2D eigenvalue weighted by molar-refractivity contribution is -0.110. The SMILES string of the molecule is Nc1cccc(C(=O)c2ccc3c(c2)NC(=O)C3=CNc2ccc(C(=O)NO)cc2)c1. The zero-order chi connectivity index (χ0) is 22.0. The van der Waals surface area contributed by atoms with Crippen molar-refractivity contribution in [2.24, 2.45) is 0 Å². The first-order valence-corrected chi connectivity index (χ1v) is 9.33. The summed E-state index contributed by atoms with van der Waals surface area (Å²) in [5.74, 6) is -1.10. The molecule has 0 atom stereocenters. The second-order valence-electron chi connectivity index (χ2n) is 6.89. The van der Waals surface area contributed by atoms with Crippen LogP contribution in [0.3, 0.4) is 0 Å². The smallest absolute Gasteiger partial charge is 0.274 e. The molecule has 3 aromatic rings. The molecule has 0 radical (unpaired) electrons. The number of rotatable bonds is 5. The molecule has 0 unspecified atom stereocenters. The van der Waals surface area contributed by atoms with Crippen molar-refractivity contribution in [3.05, 3.63) is 95.2 Å². The van der Waals surface area contributed by atoms with Crippen molar-refractivity contribution in [1.29, 1.82) is 0 Å². The first kappa shape index (κ1) is 19.9. The standard InChI is InChI=1S/C23H18N4O4/c24-16-3-1-2-14(10-16)21(28)15-6-9-18-19(23(30)26-20(18)11-15)12-25-17-7-4-13(5-8-17)22(29)27-31/h1-12,25,31H,24H2,(H,26,30)(H,27,29). The molecular weight excluding hydrogens is 396 g/mol. The number of ketones is 1. The van der Waals surface area contributed by atoms with E-state index >= 15 is 0 Å². The number of carbonyl (C=O) groups excluding carboxylic acids is 3. The number of nitrogen functional groups attached to an aromatic ring is 1. The van der Waals surface area contributed by atoms with Crippen molar-refractivity contribution < 1.29 is 19.6 Å². The van der Waals surface area contributed by atoms with E-state index in [0.29, 0.717) is 44.9 Å². The summed E-state index contributed by atoms with van der Waals surface area (Å²) in [4.78, 5) is 36.5. The van der Waals surface area contributed by atoms with Gasteiger partial charge in [0.05, 0.1) is 5.57 Å². The molecule has 1 aliphatic rings. The third kappa shape index (κ3) is 4.00. The molecule has 0 spiro atoms. The number of carbonyl (C=O) groups is 3. The molecular formula is C23H18N4O4. The third-order valence-corrected chi connectivity index (χ3v) is 4.85. The Labute approximate surface area is 177 Å². The molecule has 3 aromatic carbocycles. The van der Waals surface area contributed by atoms with Gasteiger partial charge in [0.1, 0.15) is 0 Å². The van der Waals surface area contributed by atoms with Gasteiger partial charge in [-0.05, 0) is 42.5 Å². The third-order valence-electron chi connectivity index (χ3n) is 4.85. The average Bonchev–Trinajstić information content (AvgIpc) is 3.11. The summed E-state index contributed by atoms with van der Waals surface area (Å²) in [5.41, 5.74) is 11.3. The average molecular weight is 414 g/mol. The maximum Gasteiger partial charge on any atom is 0.274 e. The van der Waals surface area contributed by atoms with E-state index in [4.69, 9.17) is 10.9 Å². The summed E-state index contributed by atoms with van der Waals surface area (Å²) < 4.78 is 0. The fourth-order valence-electron chi connectivity index (χ4n) is 3.26. The van der Waals surface area contributed by atoms with Gasteiger partial charge < -0.3 is 16.4 Å². The molecule has 0 bridgehead atoms. The van der Waals surface area contributed by atoms with Gasteiger partial charge in [-0.3, -0.25) is 19.6 Å². The molecule has 1 heterocycles. The van der Waals surface area contributed by atoms with Gasteiger partial charge in [0.25, 0.3) is 11.8 Å². The largest absolute Gasteiger partial charge is 0.399 e. The summed E-state index contributed by atoms with van der Waals surface area (Å²) in [6.07, 6.45) is 1.56. The minimum atomic E-state index is -0.613. The highest BCUT2D eigenvalue weighted by Gasteiger charge is 2.25. The van der Waals surface area contributed by atoms with E-state index in [2.05, 4.69) is 10.6 Å². The Balaban J connectivity index is 1.56. The molecule has 2 amide bonds. The van der Waals surface area contributed by atoms with E-state index in [0.717, 1.165) is 0 Å². The van der Waals surface area contributed by atoms with Crippen molar-refractivity contribution in [3.8, 4) is 0 Å². The summed E-state index contributed by atoms with van der Waals surface area (Å²) in [6, 6.07) is 18.1. The summed E-state index contributed by atoms with van der Waals surface area (Å²) in [6.45, 7) is 0. The fourth-order valence-corrected chi connectivity index (χ4v) is 3.26. The summed E-state index contributed by atoms with van der Waals surface area (Å²) in [5, 5.41) is 14.4. The second-order valence-corrected chi connectivity index (χ2v) is 6.89. The predicted molar refractivity (Wildman–Crippen MR) is 117 cm³/mol. The Morgan fingerprint density at radius 2 is 1.65 bits per heavy atom. The number of fused-ring (bicyclic) bond motifs is 1. The van der Waals surface area contributed by atoms with Gasteiger partial charge in [0.15, 0.2) is 5.78 Å². The van der Waals surface area contributed by atoms with Gasteiger partial charge in [-0.15, -0.1) is 0 Å². The van der Waals surface area contributed by atoms with Crippen LogP contribution in [0.4, 0.5) is 17.1 Å². The Hall–Kier alpha value is -4.43. The van der Waals surface area contributed by atoms with Crippen molar-refractivity contribution >= 4 is 40.2 Å². The summed E-state index contributed by atoms with van der Waals surface area (Å²) in [7, 11) is 0. The van der Waals surface area contributed by atoms with Gasteiger partial charge in [0.2, 0.25) is 0 Å². The maximum atomic E-state index is 12.7. The zero-order valence-electron chi connectivity index (χ0n) is 16.2. The van der Waals surface area contributed by atoms with Gasteiger partial charge in [-0.1, -0.05) is 24.3 Å². The van der Waals surface area contributed by atoms with Crippen LogP contribution in [-0.4, -0.2) is 22.8 Å². The van der Waals surface area contributed by atoms with Gasteiger partial charge >= 0.3 is 0 Å². The van der Waals surface area contributed by atoms with Crippen molar-refractivity contribution in [2.45, 2.75) is 0 Å². The highest BCUT2D eigenvalue weighted by Crippen LogP contribution is 2.33. The van der Waals surface area contributed by atoms with Crippen LogP contribution in [0.2, 0.25) is 0 Å². The van der Waals surface area contributed by atoms with Crippen LogP contribution in [0.5, 0.6) is 0 Å². The number of amides is 2. The predicted octanol–water partition coefficient (Wildman–Crippen LogP) is 3.02. The monoisotopic (exact) mass is 414 g/mol. The van der Waals surface area contributed by atoms with Crippen LogP contribution in [-0.2, 0) is 4.79 Å². The van der Waals surface area contributed by atoms with Crippen LogP contribution in [0, 0.1) is 0 Å². The number of hydrogen-bond acceptors (Lipinski definition) is 6. The second kappa shape index (κ2) is 8.13. The fraction of sp³-hybridized carbons (Fsp3) is 0. The number of benzene rings is 3. The van der Waals surface area contributed by atoms with Crippen LogP contribution >= 0.6 is 0 Å². The van der Waals surface area contributed by atoms with E-state index < -0.39 is 5.91 Å². The molecule has 154 valence electrons. The zero-order valence-corrected chi connectivity index (χ0v) is 16.2. The molecule has 4 rings (SSSR count). The highest BCUT2D eigenvalue weighted by atomic mass is 16.5. The van der Waals surface area contributed by atoms with E-state index in [1.165, 1.54) is 12.1 Å². The van der Waals surface area contributed by atoms with Gasteiger partial charge in [-0.25, -0.2) is 5.48 Å². The Morgan fingerprint density at radius 1 is 0.935 bits per heavy atom. The lowest BCUT2D eigenvalue weighted by Crippen LogP contribution is -2.18. The first-order valence-electron chi connectivity index (χ1n) is 9.33. The van der Waals surface area contributed by atoms with Gasteiger partial charge in [-0.2, -0.15) is 0 Å². The number of anilines is 3. The van der Waals surface area contributed by atoms with Gasteiger partial charge in [0, 0.05) is 45.5 Å². The highest BCUT2D eigenvalue weighted by molar-refractivity contribution is 6.32. The van der Waals surface area contributed by atoms with Crippen LogP contribution in [0.1, 0.15) is 31.8 Å². The summed E-state index contributed by atoms with van der Waals surface area (Å²) >= 11 is 0. The minimum Gasteiger partial charge on any atom is -0.399 e. The van der Waals surface area contributed by atoms with E-state index in [-0.39, 0.29) is 11.7 Å². The molecule has 0 aromatic heterocycles. The lowest BCUT2D eigenvalue weighted by Gasteiger charge is -2.06. The molecule has 8 heteroatoms. The lowest BCUT2D eigenvalue weighted by atomic mass is 9.99. The maximum absolute atomic E-state index is 12.7. The van der Waals surface area contributed by atoms with Crippen molar-refractivity contribution in [3.63, 3.8) is 0 Å². The van der Waals surface area contributed by atoms with Crippen molar-refractivity contribution in [1.82, 2.24) is 5.48 Å².